The lowest BCUT2D eigenvalue weighted by Gasteiger charge is -2.33. The Morgan fingerprint density at radius 3 is 2.68 bits per heavy atom. The Labute approximate surface area is 167 Å². The minimum absolute atomic E-state index is 0.0147. The maximum Gasteiger partial charge on any atom is 0.230 e. The average molecular weight is 385 g/mol. The molecule has 6 heteroatoms. The van der Waals surface area contributed by atoms with Crippen LogP contribution in [0.15, 0.2) is 36.5 Å². The predicted octanol–water partition coefficient (Wildman–Crippen LogP) is 4.10. The van der Waals surface area contributed by atoms with Crippen LogP contribution in [-0.4, -0.2) is 40.3 Å². The van der Waals surface area contributed by atoms with Crippen molar-refractivity contribution >= 4 is 11.7 Å². The van der Waals surface area contributed by atoms with Gasteiger partial charge in [0.15, 0.2) is 0 Å². The summed E-state index contributed by atoms with van der Waals surface area (Å²) in [5.41, 5.74) is 0.857. The minimum atomic E-state index is -0.422. The Morgan fingerprint density at radius 1 is 1.25 bits per heavy atom. The van der Waals surface area contributed by atoms with Gasteiger partial charge in [-0.3, -0.25) is 9.69 Å². The van der Waals surface area contributed by atoms with Crippen molar-refractivity contribution in [3.05, 3.63) is 42.1 Å². The van der Waals surface area contributed by atoms with Gasteiger partial charge in [-0.05, 0) is 37.5 Å². The highest BCUT2D eigenvalue weighted by atomic mass is 16.5. The number of amides is 1. The lowest BCUT2D eigenvalue weighted by molar-refractivity contribution is -0.123. The van der Waals surface area contributed by atoms with Gasteiger partial charge in [0.1, 0.15) is 11.6 Å². The fourth-order valence-electron chi connectivity index (χ4n) is 3.49. The van der Waals surface area contributed by atoms with E-state index < -0.39 is 5.41 Å². The van der Waals surface area contributed by atoms with Crippen molar-refractivity contribution in [1.82, 2.24) is 14.7 Å². The largest absolute Gasteiger partial charge is 0.494 e. The molecule has 1 aliphatic rings. The van der Waals surface area contributed by atoms with E-state index in [1.165, 1.54) is 5.56 Å². The Bertz CT molecular complexity index is 786. The molecule has 1 aliphatic heterocycles. The van der Waals surface area contributed by atoms with Crippen LogP contribution in [0.1, 0.15) is 52.1 Å². The second-order valence-corrected chi connectivity index (χ2v) is 8.45. The van der Waals surface area contributed by atoms with Crippen molar-refractivity contribution < 1.29 is 9.53 Å². The zero-order valence-electron chi connectivity index (χ0n) is 17.4. The fraction of sp³-hybridized carbons (Fsp3) is 0.545. The molecule has 1 amide bonds. The first kappa shape index (κ1) is 20.4. The standard InChI is InChI=1S/C22H32N4O2/c1-5-28-19-8-6-7-17(15-19)16-25-13-10-18(11-14-25)26-20(9-12-23-26)24-21(27)22(2,3)4/h6-9,12,15,18H,5,10-11,13-14,16H2,1-4H3,(H,24,27). The molecule has 2 aromatic rings. The summed E-state index contributed by atoms with van der Waals surface area (Å²) in [5.74, 6) is 1.74. The summed E-state index contributed by atoms with van der Waals surface area (Å²) in [4.78, 5) is 14.8. The molecule has 0 aliphatic carbocycles. The molecule has 0 atom stereocenters. The van der Waals surface area contributed by atoms with Crippen LogP contribution >= 0.6 is 0 Å². The van der Waals surface area contributed by atoms with Crippen molar-refractivity contribution in [1.29, 1.82) is 0 Å². The molecule has 1 aromatic heterocycles. The van der Waals surface area contributed by atoms with Crippen molar-refractivity contribution in [2.45, 2.75) is 53.1 Å². The van der Waals surface area contributed by atoms with E-state index >= 15 is 0 Å². The van der Waals surface area contributed by atoms with Gasteiger partial charge in [-0.2, -0.15) is 5.10 Å². The number of carbonyl (C=O) groups excluding carboxylic acids is 1. The number of rotatable bonds is 6. The number of anilines is 1. The lowest BCUT2D eigenvalue weighted by Crippen LogP contribution is -2.35. The van der Waals surface area contributed by atoms with E-state index in [0.717, 1.165) is 44.0 Å². The summed E-state index contributed by atoms with van der Waals surface area (Å²) in [6.45, 7) is 11.4. The van der Waals surface area contributed by atoms with E-state index in [4.69, 9.17) is 4.74 Å². The number of nitrogens with zero attached hydrogens (tertiary/aromatic N) is 3. The monoisotopic (exact) mass is 384 g/mol. The molecule has 0 saturated carbocycles. The first-order chi connectivity index (χ1) is 13.4. The highest BCUT2D eigenvalue weighted by molar-refractivity contribution is 5.93. The Hall–Kier alpha value is -2.34. The van der Waals surface area contributed by atoms with E-state index in [9.17, 15) is 4.79 Å². The summed E-state index contributed by atoms with van der Waals surface area (Å²) in [6, 6.07) is 10.5. The molecule has 2 heterocycles. The van der Waals surface area contributed by atoms with E-state index in [2.05, 4.69) is 33.5 Å². The highest BCUT2D eigenvalue weighted by Gasteiger charge is 2.26. The molecule has 152 valence electrons. The van der Waals surface area contributed by atoms with Crippen LogP contribution in [-0.2, 0) is 11.3 Å². The quantitative estimate of drug-likeness (QED) is 0.814. The van der Waals surface area contributed by atoms with Crippen LogP contribution in [0, 0.1) is 5.41 Å². The van der Waals surface area contributed by atoms with Crippen LogP contribution in [0.5, 0.6) is 5.75 Å². The smallest absolute Gasteiger partial charge is 0.230 e. The van der Waals surface area contributed by atoms with E-state index in [-0.39, 0.29) is 5.91 Å². The van der Waals surface area contributed by atoms with Crippen molar-refractivity contribution in [3.8, 4) is 5.75 Å². The van der Waals surface area contributed by atoms with E-state index in [1.54, 1.807) is 6.20 Å². The zero-order chi connectivity index (χ0) is 20.1. The molecule has 1 N–H and O–H groups in total. The number of hydrogen-bond donors (Lipinski definition) is 1. The molecular weight excluding hydrogens is 352 g/mol. The van der Waals surface area contributed by atoms with Gasteiger partial charge in [-0.15, -0.1) is 0 Å². The first-order valence-corrected chi connectivity index (χ1v) is 10.2. The number of piperidine rings is 1. The van der Waals surface area contributed by atoms with Gasteiger partial charge in [-0.1, -0.05) is 32.9 Å². The number of nitrogens with one attached hydrogen (secondary N) is 1. The molecule has 1 saturated heterocycles. The van der Waals surface area contributed by atoms with Gasteiger partial charge >= 0.3 is 0 Å². The maximum atomic E-state index is 12.3. The summed E-state index contributed by atoms with van der Waals surface area (Å²) in [6.07, 6.45) is 3.81. The number of ether oxygens (including phenoxy) is 1. The molecule has 28 heavy (non-hydrogen) atoms. The van der Waals surface area contributed by atoms with Crippen molar-refractivity contribution in [2.24, 2.45) is 5.41 Å². The van der Waals surface area contributed by atoms with Crippen molar-refractivity contribution in [2.75, 3.05) is 25.0 Å². The van der Waals surface area contributed by atoms with E-state index in [0.29, 0.717) is 12.6 Å². The van der Waals surface area contributed by atoms with Gasteiger partial charge in [0.2, 0.25) is 5.91 Å². The molecule has 0 spiro atoms. The Morgan fingerprint density at radius 2 is 2.00 bits per heavy atom. The third-order valence-electron chi connectivity index (χ3n) is 5.11. The summed E-state index contributed by atoms with van der Waals surface area (Å²) < 4.78 is 7.59. The van der Waals surface area contributed by atoms with Crippen LogP contribution in [0.2, 0.25) is 0 Å². The first-order valence-electron chi connectivity index (χ1n) is 10.2. The van der Waals surface area contributed by atoms with Crippen LogP contribution in [0.25, 0.3) is 0 Å². The number of carbonyl (C=O) groups is 1. The van der Waals surface area contributed by atoms with Crippen molar-refractivity contribution in [3.63, 3.8) is 0 Å². The molecular formula is C22H32N4O2. The fourth-order valence-corrected chi connectivity index (χ4v) is 3.49. The molecule has 3 rings (SSSR count). The maximum absolute atomic E-state index is 12.3. The van der Waals surface area contributed by atoms with Crippen LogP contribution in [0.3, 0.4) is 0 Å². The Balaban J connectivity index is 1.57. The zero-order valence-corrected chi connectivity index (χ0v) is 17.4. The Kier molecular flexibility index (Phi) is 6.39. The summed E-state index contributed by atoms with van der Waals surface area (Å²) in [5, 5.41) is 7.51. The number of likely N-dealkylation sites (tertiary alicyclic amines) is 1. The average Bonchev–Trinajstić information content (AvgIpc) is 3.10. The van der Waals surface area contributed by atoms with Crippen LogP contribution < -0.4 is 10.1 Å². The predicted molar refractivity (Wildman–Crippen MR) is 111 cm³/mol. The minimum Gasteiger partial charge on any atom is -0.494 e. The number of aromatic nitrogens is 2. The second kappa shape index (κ2) is 8.78. The topological polar surface area (TPSA) is 59.4 Å². The SMILES string of the molecule is CCOc1cccc(CN2CCC(n3nccc3NC(=O)C(C)(C)C)CC2)c1. The van der Waals surface area contributed by atoms with Gasteiger partial charge in [0.05, 0.1) is 18.8 Å². The molecule has 0 radical (unpaired) electrons. The third-order valence-corrected chi connectivity index (χ3v) is 5.11. The molecule has 6 nitrogen and oxygen atoms in total. The van der Waals surface area contributed by atoms with Gasteiger partial charge < -0.3 is 10.1 Å². The molecule has 0 unspecified atom stereocenters. The lowest BCUT2D eigenvalue weighted by atomic mass is 9.96. The van der Waals surface area contributed by atoms with E-state index in [1.807, 2.05) is 44.5 Å². The summed E-state index contributed by atoms with van der Waals surface area (Å²) >= 11 is 0. The van der Waals surface area contributed by atoms with Gasteiger partial charge in [0.25, 0.3) is 0 Å². The number of hydrogen-bond acceptors (Lipinski definition) is 4. The molecule has 1 fully saturated rings. The third kappa shape index (κ3) is 5.13. The molecule has 0 bridgehead atoms. The highest BCUT2D eigenvalue weighted by Crippen LogP contribution is 2.27. The normalized spacial score (nSPS) is 16.1. The van der Waals surface area contributed by atoms with Gasteiger partial charge in [-0.25, -0.2) is 4.68 Å². The van der Waals surface area contributed by atoms with Crippen LogP contribution in [0.4, 0.5) is 5.82 Å². The van der Waals surface area contributed by atoms with Gasteiger partial charge in [0, 0.05) is 31.1 Å². The molecule has 1 aromatic carbocycles. The number of benzene rings is 1. The summed E-state index contributed by atoms with van der Waals surface area (Å²) in [7, 11) is 0. The second-order valence-electron chi connectivity index (χ2n) is 8.45.